The lowest BCUT2D eigenvalue weighted by molar-refractivity contribution is -0.116. The van der Waals surface area contributed by atoms with Crippen molar-refractivity contribution in [3.63, 3.8) is 0 Å². The van der Waals surface area contributed by atoms with Crippen molar-refractivity contribution in [2.75, 3.05) is 22.4 Å². The van der Waals surface area contributed by atoms with E-state index in [1.165, 1.54) is 10.6 Å². The average molecular weight is 403 g/mol. The molecule has 0 fully saturated rings. The summed E-state index contributed by atoms with van der Waals surface area (Å²) in [6.07, 6.45) is 2.75. The van der Waals surface area contributed by atoms with Gasteiger partial charge in [0, 0.05) is 18.7 Å². The van der Waals surface area contributed by atoms with Crippen LogP contribution in [-0.2, 0) is 21.2 Å². The lowest BCUT2D eigenvalue weighted by Crippen LogP contribution is -2.32. The maximum atomic E-state index is 12.4. The van der Waals surface area contributed by atoms with Crippen LogP contribution >= 0.6 is 0 Å². The molecule has 0 heterocycles. The number of hydrogen-bond acceptors (Lipinski definition) is 3. The fourth-order valence-corrected chi connectivity index (χ4v) is 4.27. The maximum absolute atomic E-state index is 12.4. The average Bonchev–Trinajstić information content (AvgIpc) is 2.62. The zero-order valence-corrected chi connectivity index (χ0v) is 18.2. The number of anilines is 2. The molecule has 0 aliphatic carbocycles. The fourth-order valence-electron chi connectivity index (χ4n) is 3.26. The first kappa shape index (κ1) is 22.0. The molecule has 0 spiro atoms. The van der Waals surface area contributed by atoms with Gasteiger partial charge in [-0.05, 0) is 61.9 Å². The van der Waals surface area contributed by atoms with Crippen LogP contribution < -0.4 is 9.62 Å². The van der Waals surface area contributed by atoms with Crippen LogP contribution in [-0.4, -0.2) is 27.1 Å². The lowest BCUT2D eigenvalue weighted by Gasteiger charge is -2.25. The Morgan fingerprint density at radius 2 is 1.68 bits per heavy atom. The summed E-state index contributed by atoms with van der Waals surface area (Å²) in [5, 5.41) is 3.00. The third kappa shape index (κ3) is 5.35. The Morgan fingerprint density at radius 3 is 2.32 bits per heavy atom. The Hall–Kier alpha value is -2.34. The van der Waals surface area contributed by atoms with E-state index in [0.29, 0.717) is 12.1 Å². The normalized spacial score (nSPS) is 11.3. The largest absolute Gasteiger partial charge is 0.326 e. The van der Waals surface area contributed by atoms with Gasteiger partial charge in [0.05, 0.1) is 11.9 Å². The Kier molecular flexibility index (Phi) is 7.24. The fraction of sp³-hybridized carbons (Fsp3) is 0.409. The van der Waals surface area contributed by atoms with Crippen LogP contribution in [0.4, 0.5) is 11.4 Å². The molecule has 0 atom stereocenters. The van der Waals surface area contributed by atoms with Gasteiger partial charge in [0.15, 0.2) is 0 Å². The quantitative estimate of drug-likeness (QED) is 0.713. The summed E-state index contributed by atoms with van der Waals surface area (Å²) in [6.45, 7) is 8.17. The second-order valence-corrected chi connectivity index (χ2v) is 9.08. The van der Waals surface area contributed by atoms with Crippen LogP contribution in [0.25, 0.3) is 0 Å². The van der Waals surface area contributed by atoms with E-state index >= 15 is 0 Å². The molecule has 5 nitrogen and oxygen atoms in total. The molecular formula is C22H30N2O3S. The number of aryl methyl sites for hydroxylation is 3. The lowest BCUT2D eigenvalue weighted by atomic mass is 10.1. The van der Waals surface area contributed by atoms with Crippen LogP contribution in [0.2, 0.25) is 0 Å². The molecule has 2 aromatic carbocycles. The molecule has 0 aliphatic heterocycles. The molecular weight excluding hydrogens is 372 g/mol. The topological polar surface area (TPSA) is 66.5 Å². The van der Waals surface area contributed by atoms with Crippen LogP contribution in [0.5, 0.6) is 0 Å². The highest BCUT2D eigenvalue weighted by Crippen LogP contribution is 2.26. The Balaban J connectivity index is 2.07. The van der Waals surface area contributed by atoms with E-state index in [-0.39, 0.29) is 18.9 Å². The first-order chi connectivity index (χ1) is 13.1. The molecule has 0 aromatic heterocycles. The van der Waals surface area contributed by atoms with Crippen molar-refractivity contribution < 1.29 is 13.2 Å². The first-order valence-electron chi connectivity index (χ1n) is 9.57. The summed E-state index contributed by atoms with van der Waals surface area (Å²) in [5.41, 5.74) is 5.64. The number of nitrogens with one attached hydrogen (secondary N) is 1. The van der Waals surface area contributed by atoms with Gasteiger partial charge >= 0.3 is 0 Å². The molecule has 1 amide bonds. The minimum Gasteiger partial charge on any atom is -0.326 e. The Labute approximate surface area is 168 Å². The van der Waals surface area contributed by atoms with Gasteiger partial charge in [-0.2, -0.15) is 0 Å². The van der Waals surface area contributed by atoms with E-state index in [1.807, 2.05) is 57.2 Å². The summed E-state index contributed by atoms with van der Waals surface area (Å²) in [5.74, 6) is -0.0987. The number of nitrogens with zero attached hydrogens (tertiary/aromatic N) is 1. The number of carbonyl (C=O) groups is 1. The van der Waals surface area contributed by atoms with E-state index < -0.39 is 10.0 Å². The summed E-state index contributed by atoms with van der Waals surface area (Å²) < 4.78 is 26.0. The molecule has 0 saturated heterocycles. The molecule has 0 aliphatic rings. The molecule has 2 rings (SSSR count). The van der Waals surface area contributed by atoms with Gasteiger partial charge < -0.3 is 5.32 Å². The SMILES string of the molecule is CCc1cccc(C)c1NC(=O)CCCN(c1cccc(C)c1C)S(C)(=O)=O. The maximum Gasteiger partial charge on any atom is 0.232 e. The predicted molar refractivity (Wildman–Crippen MR) is 117 cm³/mol. The minimum atomic E-state index is -3.43. The van der Waals surface area contributed by atoms with E-state index in [9.17, 15) is 13.2 Å². The van der Waals surface area contributed by atoms with Crippen LogP contribution in [0.1, 0.15) is 42.0 Å². The number of sulfonamides is 1. The van der Waals surface area contributed by atoms with E-state index in [0.717, 1.165) is 34.4 Å². The monoisotopic (exact) mass is 402 g/mol. The number of carbonyl (C=O) groups excluding carboxylic acids is 1. The van der Waals surface area contributed by atoms with Crippen LogP contribution in [0.15, 0.2) is 36.4 Å². The van der Waals surface area contributed by atoms with Crippen molar-refractivity contribution in [3.8, 4) is 0 Å². The molecule has 0 bridgehead atoms. The van der Waals surface area contributed by atoms with E-state index in [4.69, 9.17) is 0 Å². The Morgan fingerprint density at radius 1 is 1.04 bits per heavy atom. The van der Waals surface area contributed by atoms with Crippen molar-refractivity contribution in [3.05, 3.63) is 58.7 Å². The molecule has 28 heavy (non-hydrogen) atoms. The Bertz CT molecular complexity index is 952. The van der Waals surface area contributed by atoms with Gasteiger partial charge in [0.2, 0.25) is 15.9 Å². The second-order valence-electron chi connectivity index (χ2n) is 7.17. The summed E-state index contributed by atoms with van der Waals surface area (Å²) in [7, 11) is -3.43. The zero-order chi connectivity index (χ0) is 20.9. The van der Waals surface area contributed by atoms with Crippen molar-refractivity contribution in [1.29, 1.82) is 0 Å². The van der Waals surface area contributed by atoms with Crippen molar-refractivity contribution in [2.45, 2.75) is 47.0 Å². The van der Waals surface area contributed by atoms with Crippen molar-refractivity contribution in [1.82, 2.24) is 0 Å². The molecule has 1 N–H and O–H groups in total. The molecule has 2 aromatic rings. The molecule has 0 unspecified atom stereocenters. The number of para-hydroxylation sites is 1. The van der Waals surface area contributed by atoms with Gasteiger partial charge in [0.1, 0.15) is 0 Å². The summed E-state index contributed by atoms with van der Waals surface area (Å²) in [6, 6.07) is 11.6. The number of hydrogen-bond donors (Lipinski definition) is 1. The number of benzene rings is 2. The summed E-state index contributed by atoms with van der Waals surface area (Å²) in [4.78, 5) is 12.4. The predicted octanol–water partition coefficient (Wildman–Crippen LogP) is 4.36. The smallest absolute Gasteiger partial charge is 0.232 e. The van der Waals surface area contributed by atoms with Gasteiger partial charge in [-0.15, -0.1) is 0 Å². The number of rotatable bonds is 8. The first-order valence-corrected chi connectivity index (χ1v) is 11.4. The van der Waals surface area contributed by atoms with Crippen LogP contribution in [0, 0.1) is 20.8 Å². The minimum absolute atomic E-state index is 0.0987. The zero-order valence-electron chi connectivity index (χ0n) is 17.4. The molecule has 0 saturated carbocycles. The van der Waals surface area contributed by atoms with E-state index in [1.54, 1.807) is 0 Å². The van der Waals surface area contributed by atoms with Gasteiger partial charge in [-0.3, -0.25) is 9.10 Å². The van der Waals surface area contributed by atoms with E-state index in [2.05, 4.69) is 12.2 Å². The second kappa shape index (κ2) is 9.24. The molecule has 152 valence electrons. The highest BCUT2D eigenvalue weighted by Gasteiger charge is 2.20. The van der Waals surface area contributed by atoms with Crippen molar-refractivity contribution in [2.24, 2.45) is 0 Å². The highest BCUT2D eigenvalue weighted by atomic mass is 32.2. The third-order valence-corrected chi connectivity index (χ3v) is 6.19. The van der Waals surface area contributed by atoms with Gasteiger partial charge in [-0.25, -0.2) is 8.42 Å². The van der Waals surface area contributed by atoms with Crippen LogP contribution in [0.3, 0.4) is 0 Å². The third-order valence-electron chi connectivity index (χ3n) is 5.01. The highest BCUT2D eigenvalue weighted by molar-refractivity contribution is 7.92. The number of amides is 1. The van der Waals surface area contributed by atoms with Gasteiger partial charge in [0.25, 0.3) is 0 Å². The summed E-state index contributed by atoms with van der Waals surface area (Å²) >= 11 is 0. The van der Waals surface area contributed by atoms with Gasteiger partial charge in [-0.1, -0.05) is 37.3 Å². The molecule has 6 heteroatoms. The standard InChI is InChI=1S/C22H30N2O3S/c1-6-19-12-7-11-17(3)22(19)23-21(25)14-9-15-24(28(5,26)27)20-13-8-10-16(2)18(20)4/h7-8,10-13H,6,9,14-15H2,1-5H3,(H,23,25). The van der Waals surface area contributed by atoms with Crippen molar-refractivity contribution >= 4 is 27.3 Å². The molecule has 0 radical (unpaired) electrons.